The Morgan fingerprint density at radius 1 is 1.04 bits per heavy atom. The van der Waals surface area contributed by atoms with Gasteiger partial charge in [-0.1, -0.05) is 42.5 Å². The van der Waals surface area contributed by atoms with Gasteiger partial charge in [-0.3, -0.25) is 9.59 Å². The van der Waals surface area contributed by atoms with Crippen LogP contribution in [0.15, 0.2) is 54.6 Å². The predicted octanol–water partition coefficient (Wildman–Crippen LogP) is 2.29. The normalized spacial score (nSPS) is 15.9. The van der Waals surface area contributed by atoms with Gasteiger partial charge in [-0.25, -0.2) is 0 Å². The quantitative estimate of drug-likeness (QED) is 0.750. The van der Waals surface area contributed by atoms with Crippen LogP contribution < -0.4 is 15.4 Å². The number of benzene rings is 2. The van der Waals surface area contributed by atoms with E-state index in [1.165, 1.54) is 0 Å². The zero-order chi connectivity index (χ0) is 18.9. The summed E-state index contributed by atoms with van der Waals surface area (Å²) in [5.74, 6) is -0.0884. The van der Waals surface area contributed by atoms with E-state index in [0.29, 0.717) is 24.4 Å². The van der Waals surface area contributed by atoms with Crippen LogP contribution in [0, 0.1) is 0 Å². The Kier molecular flexibility index (Phi) is 6.82. The lowest BCUT2D eigenvalue weighted by atomic mass is 10.1. The number of hydrogen-bond donors (Lipinski definition) is 2. The van der Waals surface area contributed by atoms with Crippen LogP contribution >= 0.6 is 0 Å². The van der Waals surface area contributed by atoms with Crippen molar-refractivity contribution in [1.82, 2.24) is 10.6 Å². The molecule has 2 amide bonds. The van der Waals surface area contributed by atoms with Gasteiger partial charge in [0.05, 0.1) is 11.7 Å². The van der Waals surface area contributed by atoms with Gasteiger partial charge in [0, 0.05) is 19.7 Å². The fourth-order valence-electron chi connectivity index (χ4n) is 2.88. The molecule has 1 heterocycles. The van der Waals surface area contributed by atoms with Gasteiger partial charge in [-0.2, -0.15) is 0 Å². The second kappa shape index (κ2) is 9.73. The van der Waals surface area contributed by atoms with Crippen LogP contribution in [0.5, 0.6) is 5.75 Å². The first-order valence-corrected chi connectivity index (χ1v) is 9.14. The van der Waals surface area contributed by atoms with Crippen molar-refractivity contribution >= 4 is 11.8 Å². The molecule has 2 aromatic carbocycles. The molecular weight excluding hydrogens is 344 g/mol. The van der Waals surface area contributed by atoms with E-state index in [4.69, 9.17) is 9.47 Å². The van der Waals surface area contributed by atoms with Crippen LogP contribution in [0.1, 0.15) is 28.8 Å². The van der Waals surface area contributed by atoms with E-state index in [-0.39, 0.29) is 24.5 Å². The number of amides is 2. The molecule has 0 bridgehead atoms. The summed E-state index contributed by atoms with van der Waals surface area (Å²) in [5.41, 5.74) is 1.41. The minimum Gasteiger partial charge on any atom is -0.483 e. The second-order valence-electron chi connectivity index (χ2n) is 6.39. The zero-order valence-corrected chi connectivity index (χ0v) is 15.1. The van der Waals surface area contributed by atoms with Gasteiger partial charge in [0.25, 0.3) is 11.8 Å². The molecule has 0 aliphatic carbocycles. The molecule has 142 valence electrons. The van der Waals surface area contributed by atoms with Crippen molar-refractivity contribution in [3.8, 4) is 5.75 Å². The van der Waals surface area contributed by atoms with Crippen molar-refractivity contribution in [1.29, 1.82) is 0 Å². The van der Waals surface area contributed by atoms with E-state index in [0.717, 1.165) is 25.0 Å². The average Bonchev–Trinajstić information content (AvgIpc) is 3.23. The highest BCUT2D eigenvalue weighted by atomic mass is 16.5. The molecule has 2 aromatic rings. The first-order chi connectivity index (χ1) is 13.2. The third-order valence-corrected chi connectivity index (χ3v) is 4.34. The molecule has 0 radical (unpaired) electrons. The van der Waals surface area contributed by atoms with E-state index in [1.54, 1.807) is 24.3 Å². The summed E-state index contributed by atoms with van der Waals surface area (Å²) < 4.78 is 11.0. The van der Waals surface area contributed by atoms with E-state index >= 15 is 0 Å². The van der Waals surface area contributed by atoms with E-state index in [9.17, 15) is 9.59 Å². The molecular formula is C21H24N2O4. The fourth-order valence-corrected chi connectivity index (χ4v) is 2.88. The molecule has 2 N–H and O–H groups in total. The van der Waals surface area contributed by atoms with Gasteiger partial charge >= 0.3 is 0 Å². The van der Waals surface area contributed by atoms with Gasteiger partial charge in [-0.15, -0.1) is 0 Å². The number of carbonyl (C=O) groups excluding carboxylic acids is 2. The molecule has 0 saturated carbocycles. The summed E-state index contributed by atoms with van der Waals surface area (Å²) in [6, 6.07) is 16.6. The summed E-state index contributed by atoms with van der Waals surface area (Å²) in [5, 5.41) is 5.67. The maximum Gasteiger partial charge on any atom is 0.258 e. The summed E-state index contributed by atoms with van der Waals surface area (Å²) in [4.78, 5) is 24.4. The highest BCUT2D eigenvalue weighted by Gasteiger charge is 2.17. The molecule has 0 aromatic heterocycles. The SMILES string of the molecule is O=C(COc1ccccc1C(=O)NCc1ccccc1)NC[C@@H]1CCCO1. The number of hydrogen-bond acceptors (Lipinski definition) is 4. The molecule has 1 aliphatic heterocycles. The van der Waals surface area contributed by atoms with Gasteiger partial charge in [-0.05, 0) is 30.5 Å². The van der Waals surface area contributed by atoms with Crippen LogP contribution in [0.3, 0.4) is 0 Å². The highest BCUT2D eigenvalue weighted by molar-refractivity contribution is 5.97. The number of para-hydroxylation sites is 1. The molecule has 0 unspecified atom stereocenters. The van der Waals surface area contributed by atoms with E-state index in [2.05, 4.69) is 10.6 Å². The fraction of sp³-hybridized carbons (Fsp3) is 0.333. The van der Waals surface area contributed by atoms with Crippen LogP contribution in [-0.2, 0) is 16.1 Å². The van der Waals surface area contributed by atoms with Crippen LogP contribution in [0.4, 0.5) is 0 Å². The lowest BCUT2D eigenvalue weighted by molar-refractivity contribution is -0.123. The second-order valence-corrected chi connectivity index (χ2v) is 6.39. The van der Waals surface area contributed by atoms with Crippen LogP contribution in [0.2, 0.25) is 0 Å². The van der Waals surface area contributed by atoms with E-state index in [1.807, 2.05) is 30.3 Å². The van der Waals surface area contributed by atoms with Crippen LogP contribution in [-0.4, -0.2) is 37.7 Å². The average molecular weight is 368 g/mol. The maximum atomic E-state index is 12.5. The van der Waals surface area contributed by atoms with Crippen molar-refractivity contribution in [2.45, 2.75) is 25.5 Å². The Labute approximate surface area is 158 Å². The summed E-state index contributed by atoms with van der Waals surface area (Å²) >= 11 is 0. The third kappa shape index (κ3) is 5.82. The van der Waals surface area contributed by atoms with Gasteiger partial charge < -0.3 is 20.1 Å². The molecule has 0 spiro atoms. The van der Waals surface area contributed by atoms with Crippen LogP contribution in [0.25, 0.3) is 0 Å². The molecule has 1 saturated heterocycles. The largest absolute Gasteiger partial charge is 0.483 e. The lowest BCUT2D eigenvalue weighted by Crippen LogP contribution is -2.35. The zero-order valence-electron chi connectivity index (χ0n) is 15.1. The minimum absolute atomic E-state index is 0.0880. The van der Waals surface area contributed by atoms with Crippen molar-refractivity contribution in [2.75, 3.05) is 19.8 Å². The minimum atomic E-state index is -0.241. The topological polar surface area (TPSA) is 76.7 Å². The van der Waals surface area contributed by atoms with E-state index < -0.39 is 0 Å². The first-order valence-electron chi connectivity index (χ1n) is 9.14. The lowest BCUT2D eigenvalue weighted by Gasteiger charge is -2.13. The number of rotatable bonds is 8. The van der Waals surface area contributed by atoms with Crippen molar-refractivity contribution in [2.24, 2.45) is 0 Å². The van der Waals surface area contributed by atoms with Crippen molar-refractivity contribution in [3.05, 3.63) is 65.7 Å². The Hall–Kier alpha value is -2.86. The summed E-state index contributed by atoms with van der Waals surface area (Å²) in [6.07, 6.45) is 2.08. The predicted molar refractivity (Wildman–Crippen MR) is 102 cm³/mol. The van der Waals surface area contributed by atoms with Gasteiger partial charge in [0.2, 0.25) is 0 Å². The molecule has 6 heteroatoms. The third-order valence-electron chi connectivity index (χ3n) is 4.34. The Bertz CT molecular complexity index is 758. The van der Waals surface area contributed by atoms with Gasteiger partial charge in [0.1, 0.15) is 5.75 Å². The number of ether oxygens (including phenoxy) is 2. The van der Waals surface area contributed by atoms with Crippen molar-refractivity contribution in [3.63, 3.8) is 0 Å². The Balaban J connectivity index is 1.50. The standard InChI is InChI=1S/C21H24N2O4/c24-20(22-14-17-9-6-12-26-17)15-27-19-11-5-4-10-18(19)21(25)23-13-16-7-2-1-3-8-16/h1-5,7-8,10-11,17H,6,9,12-15H2,(H,22,24)(H,23,25)/t17-/m0/s1. The molecule has 6 nitrogen and oxygen atoms in total. The first kappa shape index (κ1) is 18.9. The molecule has 3 rings (SSSR count). The molecule has 1 aliphatic rings. The Morgan fingerprint density at radius 2 is 1.81 bits per heavy atom. The molecule has 27 heavy (non-hydrogen) atoms. The number of nitrogens with one attached hydrogen (secondary N) is 2. The summed E-state index contributed by atoms with van der Waals surface area (Å²) in [6.45, 7) is 1.52. The summed E-state index contributed by atoms with van der Waals surface area (Å²) in [7, 11) is 0. The Morgan fingerprint density at radius 3 is 2.59 bits per heavy atom. The molecule has 1 fully saturated rings. The maximum absolute atomic E-state index is 12.5. The smallest absolute Gasteiger partial charge is 0.258 e. The van der Waals surface area contributed by atoms with Crippen molar-refractivity contribution < 1.29 is 19.1 Å². The monoisotopic (exact) mass is 368 g/mol. The number of carbonyl (C=O) groups is 2. The highest BCUT2D eigenvalue weighted by Crippen LogP contribution is 2.18. The molecule has 1 atom stereocenters. The van der Waals surface area contributed by atoms with Gasteiger partial charge in [0.15, 0.2) is 6.61 Å².